The number of esters is 4. The van der Waals surface area contributed by atoms with Crippen LogP contribution < -0.4 is 0 Å². The molecule has 3 N–H and O–H groups in total. The molecule has 0 aromatic carbocycles. The van der Waals surface area contributed by atoms with Gasteiger partial charge in [0.15, 0.2) is 12.2 Å². The molecule has 0 spiro atoms. The summed E-state index contributed by atoms with van der Waals surface area (Å²) in [5.41, 5.74) is 0. The molecule has 0 aliphatic rings. The second-order valence-electron chi connectivity index (χ2n) is 27.3. The number of ether oxygens (including phenoxy) is 4. The summed E-state index contributed by atoms with van der Waals surface area (Å²) in [6.45, 7) is 9.52. The number of aliphatic hydroxyl groups is 1. The zero-order valence-electron chi connectivity index (χ0n) is 59.9. The molecule has 2 unspecified atom stereocenters. The molecule has 0 radical (unpaired) electrons. The molecule has 0 rings (SSSR count). The number of unbranched alkanes of at least 4 members (excludes halogenated alkanes) is 42. The summed E-state index contributed by atoms with van der Waals surface area (Å²) in [4.78, 5) is 72.7. The van der Waals surface area contributed by atoms with Crippen molar-refractivity contribution in [3.8, 4) is 0 Å². The third-order valence-corrected chi connectivity index (χ3v) is 18.9. The van der Waals surface area contributed by atoms with Gasteiger partial charge in [-0.15, -0.1) is 0 Å². The van der Waals surface area contributed by atoms with E-state index < -0.39 is 97.5 Å². The fourth-order valence-corrected chi connectivity index (χ4v) is 12.7. The van der Waals surface area contributed by atoms with Gasteiger partial charge >= 0.3 is 39.5 Å². The van der Waals surface area contributed by atoms with E-state index in [2.05, 4.69) is 41.5 Å². The average Bonchev–Trinajstić information content (AvgIpc) is 2.89. The van der Waals surface area contributed by atoms with Gasteiger partial charge in [-0.1, -0.05) is 324 Å². The van der Waals surface area contributed by atoms with Gasteiger partial charge in [0, 0.05) is 25.7 Å². The Hall–Kier alpha value is -1.94. The molecule has 0 saturated heterocycles. The highest BCUT2D eigenvalue weighted by atomic mass is 31.2. The van der Waals surface area contributed by atoms with E-state index in [0.29, 0.717) is 25.7 Å². The van der Waals surface area contributed by atoms with E-state index in [0.717, 1.165) is 102 Å². The van der Waals surface area contributed by atoms with Crippen LogP contribution in [0.4, 0.5) is 0 Å². The first-order chi connectivity index (χ1) is 44.4. The number of carbonyl (C=O) groups excluding carboxylic acids is 4. The first kappa shape index (κ1) is 90.1. The minimum Gasteiger partial charge on any atom is -0.462 e. The van der Waals surface area contributed by atoms with Crippen LogP contribution in [0.25, 0.3) is 0 Å². The predicted molar refractivity (Wildman–Crippen MR) is 372 cm³/mol. The number of hydrogen-bond donors (Lipinski definition) is 3. The van der Waals surface area contributed by atoms with Gasteiger partial charge in [-0.3, -0.25) is 37.3 Å². The molecule has 0 saturated carbocycles. The fraction of sp³-hybridized carbons (Fsp3) is 0.945. The van der Waals surface area contributed by atoms with Crippen LogP contribution in [-0.2, 0) is 65.4 Å². The highest BCUT2D eigenvalue weighted by Crippen LogP contribution is 2.45. The summed E-state index contributed by atoms with van der Waals surface area (Å²) < 4.78 is 68.4. The Bertz CT molecular complexity index is 1790. The number of rotatable bonds is 72. The quantitative estimate of drug-likeness (QED) is 0.0222. The fourth-order valence-electron chi connectivity index (χ4n) is 11.1. The smallest absolute Gasteiger partial charge is 0.462 e. The highest BCUT2D eigenvalue weighted by Gasteiger charge is 2.30. The maximum absolute atomic E-state index is 13.1. The van der Waals surface area contributed by atoms with Crippen molar-refractivity contribution in [2.75, 3.05) is 39.6 Å². The van der Waals surface area contributed by atoms with Gasteiger partial charge in [0.2, 0.25) is 0 Å². The van der Waals surface area contributed by atoms with Gasteiger partial charge in [0.25, 0.3) is 0 Å². The molecule has 0 fully saturated rings. The van der Waals surface area contributed by atoms with Gasteiger partial charge in [-0.2, -0.15) is 0 Å². The lowest BCUT2D eigenvalue weighted by Gasteiger charge is -2.21. The van der Waals surface area contributed by atoms with Gasteiger partial charge < -0.3 is 33.8 Å². The highest BCUT2D eigenvalue weighted by molar-refractivity contribution is 7.47. The Morgan fingerprint density at radius 3 is 0.739 bits per heavy atom. The minimum atomic E-state index is -4.95. The van der Waals surface area contributed by atoms with Crippen molar-refractivity contribution in [1.29, 1.82) is 0 Å². The van der Waals surface area contributed by atoms with E-state index in [1.54, 1.807) is 0 Å². The third kappa shape index (κ3) is 66.7. The topological polar surface area (TPSA) is 237 Å². The molecule has 0 aliphatic heterocycles. The van der Waals surface area contributed by atoms with E-state index in [9.17, 15) is 43.2 Å². The first-order valence-corrected chi connectivity index (χ1v) is 41.0. The number of phosphoric acid groups is 2. The number of aliphatic hydroxyl groups excluding tert-OH is 1. The molecule has 0 aliphatic carbocycles. The van der Waals surface area contributed by atoms with Crippen molar-refractivity contribution in [2.24, 2.45) is 11.8 Å². The molecule has 546 valence electrons. The summed E-state index contributed by atoms with van der Waals surface area (Å²) in [6.07, 6.45) is 51.3. The third-order valence-electron chi connectivity index (χ3n) is 17.0. The molecule has 0 aromatic rings. The van der Waals surface area contributed by atoms with Gasteiger partial charge in [0.1, 0.15) is 19.3 Å². The van der Waals surface area contributed by atoms with Crippen LogP contribution in [0.1, 0.15) is 375 Å². The summed E-state index contributed by atoms with van der Waals surface area (Å²) in [6, 6.07) is 0. The number of hydrogen-bond acceptors (Lipinski definition) is 15. The van der Waals surface area contributed by atoms with Crippen molar-refractivity contribution < 1.29 is 80.2 Å². The van der Waals surface area contributed by atoms with E-state index in [1.807, 2.05) is 0 Å². The Morgan fingerprint density at radius 1 is 0.293 bits per heavy atom. The van der Waals surface area contributed by atoms with E-state index in [4.69, 9.17) is 37.0 Å². The van der Waals surface area contributed by atoms with Crippen molar-refractivity contribution in [3.63, 3.8) is 0 Å². The van der Waals surface area contributed by atoms with Crippen molar-refractivity contribution in [3.05, 3.63) is 0 Å². The molecule has 92 heavy (non-hydrogen) atoms. The maximum atomic E-state index is 13.1. The lowest BCUT2D eigenvalue weighted by atomic mass is 10.0. The summed E-state index contributed by atoms with van der Waals surface area (Å²) in [5, 5.41) is 10.6. The lowest BCUT2D eigenvalue weighted by Crippen LogP contribution is -2.30. The van der Waals surface area contributed by atoms with Crippen LogP contribution in [-0.4, -0.2) is 96.7 Å². The second-order valence-corrected chi connectivity index (χ2v) is 30.2. The largest absolute Gasteiger partial charge is 0.472 e. The minimum absolute atomic E-state index is 0.105. The van der Waals surface area contributed by atoms with Crippen LogP contribution in [0.2, 0.25) is 0 Å². The lowest BCUT2D eigenvalue weighted by molar-refractivity contribution is -0.161. The predicted octanol–water partition coefficient (Wildman–Crippen LogP) is 21.2. The van der Waals surface area contributed by atoms with Gasteiger partial charge in [0.05, 0.1) is 26.4 Å². The van der Waals surface area contributed by atoms with Crippen molar-refractivity contribution in [2.45, 2.75) is 394 Å². The second kappa shape index (κ2) is 65.0. The number of phosphoric ester groups is 2. The van der Waals surface area contributed by atoms with Crippen LogP contribution in [0.3, 0.4) is 0 Å². The monoisotopic (exact) mass is 1350 g/mol. The number of carbonyl (C=O) groups is 4. The molecule has 0 aromatic heterocycles. The van der Waals surface area contributed by atoms with Crippen molar-refractivity contribution >= 4 is 39.5 Å². The summed E-state index contributed by atoms with van der Waals surface area (Å²) in [5.74, 6) is -0.656. The standard InChI is InChI=1S/C73H142O17P2/c1-7-9-11-13-15-17-19-21-22-23-25-27-31-39-45-51-57-72(77)89-68(61-83-70(75)55-49-43-37-30-26-24-20-18-16-14-12-10-8-2)63-87-91(79,80)85-59-67(74)60-86-92(81,82)88-64-69(62-84-71(76)56-50-44-38-34-33-36-42-48-54-66(5)6)90-73(78)58-52-46-40-32-28-29-35-41-47-53-65(3)4/h65-69,74H,7-64H2,1-6H3,(H,79,80)(H,81,82)/t67-,68-,69-/m1/s1. The van der Waals surface area contributed by atoms with Crippen LogP contribution in [0.5, 0.6) is 0 Å². The first-order valence-electron chi connectivity index (χ1n) is 38.0. The zero-order valence-corrected chi connectivity index (χ0v) is 61.6. The molecular formula is C73H142O17P2. The van der Waals surface area contributed by atoms with Crippen LogP contribution in [0.15, 0.2) is 0 Å². The zero-order chi connectivity index (χ0) is 67.9. The van der Waals surface area contributed by atoms with Crippen LogP contribution >= 0.6 is 15.6 Å². The Balaban J connectivity index is 5.25. The molecule has 0 bridgehead atoms. The normalized spacial score (nSPS) is 14.1. The molecule has 17 nitrogen and oxygen atoms in total. The van der Waals surface area contributed by atoms with Crippen LogP contribution in [0, 0.1) is 11.8 Å². The molecule has 0 amide bonds. The Kier molecular flexibility index (Phi) is 63.7. The summed E-state index contributed by atoms with van der Waals surface area (Å²) >= 11 is 0. The SMILES string of the molecule is CCCCCCCCCCCCCCCCCCC(=O)O[C@H](COC(=O)CCCCCCCCCCCCCCC)COP(=O)(O)OC[C@@H](O)COP(=O)(O)OC[C@@H](COC(=O)CCCCCCCCCCC(C)C)OC(=O)CCCCCCCCCCCC(C)C. The van der Waals surface area contributed by atoms with Crippen molar-refractivity contribution in [1.82, 2.24) is 0 Å². The van der Waals surface area contributed by atoms with E-state index in [1.165, 1.54) is 193 Å². The molecule has 0 heterocycles. The molecule has 5 atom stereocenters. The Morgan fingerprint density at radius 2 is 0.500 bits per heavy atom. The molecule has 19 heteroatoms. The molecular weight excluding hydrogens is 1210 g/mol. The van der Waals surface area contributed by atoms with Gasteiger partial charge in [-0.05, 0) is 37.5 Å². The Labute approximate surface area is 562 Å². The summed E-state index contributed by atoms with van der Waals surface area (Å²) in [7, 11) is -9.91. The van der Waals surface area contributed by atoms with Gasteiger partial charge in [-0.25, -0.2) is 9.13 Å². The maximum Gasteiger partial charge on any atom is 0.472 e. The van der Waals surface area contributed by atoms with E-state index in [-0.39, 0.29) is 25.7 Å². The average molecular weight is 1350 g/mol. The van der Waals surface area contributed by atoms with E-state index >= 15 is 0 Å².